The molecule has 0 fully saturated rings. The summed E-state index contributed by atoms with van der Waals surface area (Å²) in [6.07, 6.45) is 5.46. The zero-order chi connectivity index (χ0) is 17.8. The largest absolute Gasteiger partial charge is 0.348 e. The maximum absolute atomic E-state index is 12.4. The molecule has 1 amide bonds. The average Bonchev–Trinajstić information content (AvgIpc) is 3.18. The molecule has 0 spiro atoms. The quantitative estimate of drug-likeness (QED) is 0.689. The van der Waals surface area contributed by atoms with Crippen LogP contribution in [0, 0.1) is 6.92 Å². The lowest BCUT2D eigenvalue weighted by Gasteiger charge is -2.08. The predicted molar refractivity (Wildman–Crippen MR) is 99.3 cm³/mol. The monoisotopic (exact) mass is 401 g/mol. The lowest BCUT2D eigenvalue weighted by molar-refractivity contribution is 0.0950. The van der Waals surface area contributed by atoms with Crippen molar-refractivity contribution in [2.75, 3.05) is 0 Å². The summed E-state index contributed by atoms with van der Waals surface area (Å²) in [4.78, 5) is 12.4. The molecular formula is C18H20BrN5O. The highest BCUT2D eigenvalue weighted by Gasteiger charge is 2.10. The van der Waals surface area contributed by atoms with Gasteiger partial charge in [-0.2, -0.15) is 10.2 Å². The molecule has 2 aromatic heterocycles. The van der Waals surface area contributed by atoms with Crippen LogP contribution in [0.1, 0.15) is 34.1 Å². The van der Waals surface area contributed by atoms with Gasteiger partial charge in [0.1, 0.15) is 0 Å². The van der Waals surface area contributed by atoms with Crippen molar-refractivity contribution >= 4 is 21.8 Å². The van der Waals surface area contributed by atoms with E-state index in [4.69, 9.17) is 0 Å². The van der Waals surface area contributed by atoms with E-state index in [0.29, 0.717) is 18.7 Å². The second-order valence-corrected chi connectivity index (χ2v) is 6.73. The Balaban J connectivity index is 1.65. The first-order valence-electron chi connectivity index (χ1n) is 8.13. The molecule has 0 bridgehead atoms. The molecule has 1 aromatic carbocycles. The van der Waals surface area contributed by atoms with Crippen molar-refractivity contribution in [1.82, 2.24) is 24.9 Å². The highest BCUT2D eigenvalue weighted by atomic mass is 79.9. The maximum Gasteiger partial charge on any atom is 0.251 e. The van der Waals surface area contributed by atoms with Crippen LogP contribution in [-0.4, -0.2) is 25.5 Å². The number of amides is 1. The molecule has 0 saturated heterocycles. The van der Waals surface area contributed by atoms with Crippen LogP contribution in [-0.2, 0) is 19.6 Å². The van der Waals surface area contributed by atoms with Gasteiger partial charge in [-0.25, -0.2) is 0 Å². The van der Waals surface area contributed by atoms with Crippen LogP contribution >= 0.6 is 15.9 Å². The van der Waals surface area contributed by atoms with Crippen LogP contribution < -0.4 is 5.32 Å². The van der Waals surface area contributed by atoms with Crippen molar-refractivity contribution in [1.29, 1.82) is 0 Å². The Morgan fingerprint density at radius 1 is 1.28 bits per heavy atom. The number of carbonyl (C=O) groups is 1. The maximum atomic E-state index is 12.4. The standard InChI is InChI=1S/C18H20BrN5O/c1-3-24-13(2)16(9-22-24)8-20-18(25)15-6-4-5-14(7-15)11-23-12-17(19)10-21-23/h4-7,9-10,12H,3,8,11H2,1-2H3,(H,20,25). The number of hydrogen-bond acceptors (Lipinski definition) is 3. The minimum absolute atomic E-state index is 0.0906. The van der Waals surface area contributed by atoms with Gasteiger partial charge in [-0.3, -0.25) is 14.2 Å². The van der Waals surface area contributed by atoms with E-state index in [0.717, 1.165) is 27.8 Å². The minimum atomic E-state index is -0.0906. The summed E-state index contributed by atoms with van der Waals surface area (Å²) >= 11 is 3.38. The molecule has 3 aromatic rings. The number of nitrogens with zero attached hydrogens (tertiary/aromatic N) is 4. The average molecular weight is 402 g/mol. The van der Waals surface area contributed by atoms with E-state index in [-0.39, 0.29) is 5.91 Å². The summed E-state index contributed by atoms with van der Waals surface area (Å²) in [5, 5.41) is 11.5. The smallest absolute Gasteiger partial charge is 0.251 e. The van der Waals surface area contributed by atoms with Crippen molar-refractivity contribution in [2.24, 2.45) is 0 Å². The Labute approximate surface area is 155 Å². The van der Waals surface area contributed by atoms with E-state index in [9.17, 15) is 4.79 Å². The normalized spacial score (nSPS) is 10.8. The number of halogens is 1. The summed E-state index contributed by atoms with van der Waals surface area (Å²) in [7, 11) is 0. The van der Waals surface area contributed by atoms with Crippen LogP contribution in [0.25, 0.3) is 0 Å². The molecule has 0 aliphatic heterocycles. The van der Waals surface area contributed by atoms with Gasteiger partial charge in [0.15, 0.2) is 0 Å². The molecule has 2 heterocycles. The number of aromatic nitrogens is 4. The SMILES string of the molecule is CCn1ncc(CNC(=O)c2cccc(Cn3cc(Br)cn3)c2)c1C. The van der Waals surface area contributed by atoms with Crippen molar-refractivity contribution in [3.63, 3.8) is 0 Å². The Hall–Kier alpha value is -2.41. The summed E-state index contributed by atoms with van der Waals surface area (Å²) in [5.41, 5.74) is 3.79. The van der Waals surface area contributed by atoms with Gasteiger partial charge >= 0.3 is 0 Å². The number of benzene rings is 1. The van der Waals surface area contributed by atoms with E-state index >= 15 is 0 Å². The molecular weight excluding hydrogens is 382 g/mol. The van der Waals surface area contributed by atoms with E-state index in [1.54, 1.807) is 6.20 Å². The summed E-state index contributed by atoms with van der Waals surface area (Å²) in [5.74, 6) is -0.0906. The number of hydrogen-bond donors (Lipinski definition) is 1. The second-order valence-electron chi connectivity index (χ2n) is 5.81. The minimum Gasteiger partial charge on any atom is -0.348 e. The Bertz CT molecular complexity index is 883. The number of carbonyl (C=O) groups excluding carboxylic acids is 1. The fourth-order valence-electron chi connectivity index (χ4n) is 2.68. The highest BCUT2D eigenvalue weighted by molar-refractivity contribution is 9.10. The third-order valence-corrected chi connectivity index (χ3v) is 4.49. The lowest BCUT2D eigenvalue weighted by Crippen LogP contribution is -2.23. The third kappa shape index (κ3) is 4.17. The molecule has 25 heavy (non-hydrogen) atoms. The molecule has 0 radical (unpaired) electrons. The first kappa shape index (κ1) is 17.4. The highest BCUT2D eigenvalue weighted by Crippen LogP contribution is 2.11. The van der Waals surface area contributed by atoms with Crippen LogP contribution in [0.15, 0.2) is 47.3 Å². The topological polar surface area (TPSA) is 64.7 Å². The molecule has 0 unspecified atom stereocenters. The first-order valence-corrected chi connectivity index (χ1v) is 8.92. The summed E-state index contributed by atoms with van der Waals surface area (Å²) in [6.45, 7) is 5.98. The molecule has 0 aliphatic rings. The Morgan fingerprint density at radius 2 is 2.12 bits per heavy atom. The molecule has 6 nitrogen and oxygen atoms in total. The van der Waals surface area contributed by atoms with Gasteiger partial charge in [-0.05, 0) is 47.5 Å². The van der Waals surface area contributed by atoms with E-state index in [1.807, 2.05) is 59.9 Å². The first-order chi connectivity index (χ1) is 12.1. The van der Waals surface area contributed by atoms with E-state index in [1.165, 1.54) is 0 Å². The van der Waals surface area contributed by atoms with E-state index in [2.05, 4.69) is 31.4 Å². The fraction of sp³-hybridized carbons (Fsp3) is 0.278. The lowest BCUT2D eigenvalue weighted by atomic mass is 10.1. The molecule has 3 rings (SSSR count). The number of rotatable bonds is 6. The Kier molecular flexibility index (Phi) is 5.33. The van der Waals surface area contributed by atoms with Crippen LogP contribution in [0.5, 0.6) is 0 Å². The number of aryl methyl sites for hydroxylation is 1. The Morgan fingerprint density at radius 3 is 2.80 bits per heavy atom. The predicted octanol–water partition coefficient (Wildman–Crippen LogP) is 3.15. The molecule has 1 N–H and O–H groups in total. The van der Waals surface area contributed by atoms with Crippen LogP contribution in [0.2, 0.25) is 0 Å². The van der Waals surface area contributed by atoms with Gasteiger partial charge in [0.25, 0.3) is 5.91 Å². The van der Waals surface area contributed by atoms with Crippen molar-refractivity contribution < 1.29 is 4.79 Å². The zero-order valence-electron chi connectivity index (χ0n) is 14.2. The van der Waals surface area contributed by atoms with Crippen LogP contribution in [0.3, 0.4) is 0 Å². The van der Waals surface area contributed by atoms with Gasteiger partial charge < -0.3 is 5.32 Å². The molecule has 0 saturated carbocycles. The van der Waals surface area contributed by atoms with Crippen molar-refractivity contribution in [3.8, 4) is 0 Å². The molecule has 0 aliphatic carbocycles. The third-order valence-electron chi connectivity index (χ3n) is 4.08. The van der Waals surface area contributed by atoms with Gasteiger partial charge in [0.2, 0.25) is 0 Å². The number of nitrogens with one attached hydrogen (secondary N) is 1. The van der Waals surface area contributed by atoms with E-state index < -0.39 is 0 Å². The van der Waals surface area contributed by atoms with Gasteiger partial charge in [-0.1, -0.05) is 12.1 Å². The molecule has 0 atom stereocenters. The van der Waals surface area contributed by atoms with Gasteiger partial charge in [0, 0.05) is 36.1 Å². The summed E-state index contributed by atoms with van der Waals surface area (Å²) < 4.78 is 4.68. The molecule has 130 valence electrons. The fourth-order valence-corrected chi connectivity index (χ4v) is 3.01. The van der Waals surface area contributed by atoms with Gasteiger partial charge in [0.05, 0.1) is 23.4 Å². The zero-order valence-corrected chi connectivity index (χ0v) is 15.8. The van der Waals surface area contributed by atoms with Crippen molar-refractivity contribution in [2.45, 2.75) is 33.5 Å². The van der Waals surface area contributed by atoms with Crippen LogP contribution in [0.4, 0.5) is 0 Å². The molecule has 7 heteroatoms. The second kappa shape index (κ2) is 7.65. The van der Waals surface area contributed by atoms with Crippen molar-refractivity contribution in [3.05, 3.63) is 69.7 Å². The summed E-state index contributed by atoms with van der Waals surface area (Å²) in [6, 6.07) is 7.60. The van der Waals surface area contributed by atoms with Gasteiger partial charge in [-0.15, -0.1) is 0 Å².